The number of nitrogens with one attached hydrogen (secondary N) is 1. The molecule has 6 nitrogen and oxygen atoms in total. The molecule has 2 aromatic rings. The van der Waals surface area contributed by atoms with Crippen LogP contribution in [0.5, 0.6) is 11.5 Å². The van der Waals surface area contributed by atoms with Gasteiger partial charge in [0.15, 0.2) is 0 Å². The van der Waals surface area contributed by atoms with Crippen molar-refractivity contribution in [2.24, 2.45) is 11.3 Å². The molecular formula is C32H44N2O4. The molecular weight excluding hydrogens is 476 g/mol. The molecule has 206 valence electrons. The van der Waals surface area contributed by atoms with Crippen molar-refractivity contribution in [3.05, 3.63) is 46.5 Å². The highest BCUT2D eigenvalue weighted by Crippen LogP contribution is 2.49. The number of carbonyl (C=O) groups is 1. The Bertz CT molecular complexity index is 1160. The number of amides is 1. The van der Waals surface area contributed by atoms with Crippen LogP contribution in [0.1, 0.15) is 74.8 Å². The van der Waals surface area contributed by atoms with Crippen LogP contribution < -0.4 is 14.8 Å². The highest BCUT2D eigenvalue weighted by molar-refractivity contribution is 5.76. The fourth-order valence-electron chi connectivity index (χ4n) is 6.73. The summed E-state index contributed by atoms with van der Waals surface area (Å²) >= 11 is 0. The maximum Gasteiger partial charge on any atom is 0.407 e. The smallest absolute Gasteiger partial charge is 0.407 e. The Kier molecular flexibility index (Phi) is 7.63. The van der Waals surface area contributed by atoms with E-state index in [0.717, 1.165) is 97.7 Å². The van der Waals surface area contributed by atoms with Gasteiger partial charge < -0.3 is 19.5 Å². The summed E-state index contributed by atoms with van der Waals surface area (Å²) in [5.41, 5.74) is 6.69. The normalized spacial score (nSPS) is 25.1. The third kappa shape index (κ3) is 5.25. The summed E-state index contributed by atoms with van der Waals surface area (Å²) in [6.07, 6.45) is 4.99. The van der Waals surface area contributed by atoms with Gasteiger partial charge in [0.25, 0.3) is 0 Å². The Morgan fingerprint density at radius 2 is 1.82 bits per heavy atom. The molecule has 2 atom stereocenters. The molecule has 0 saturated carbocycles. The largest absolute Gasteiger partial charge is 0.496 e. The minimum absolute atomic E-state index is 0.00111. The number of unbranched alkanes of at least 4 members (excludes halogenated alkanes) is 1. The van der Waals surface area contributed by atoms with Crippen molar-refractivity contribution >= 4 is 6.09 Å². The van der Waals surface area contributed by atoms with E-state index in [0.29, 0.717) is 5.92 Å². The third-order valence-corrected chi connectivity index (χ3v) is 8.83. The molecule has 0 spiro atoms. The Labute approximate surface area is 228 Å². The lowest BCUT2D eigenvalue weighted by Gasteiger charge is -2.44. The summed E-state index contributed by atoms with van der Waals surface area (Å²) in [5.74, 6) is 2.29. The van der Waals surface area contributed by atoms with Gasteiger partial charge in [0.1, 0.15) is 17.6 Å². The molecule has 3 saturated heterocycles. The summed E-state index contributed by atoms with van der Waals surface area (Å²) in [7, 11) is 1.72. The maximum absolute atomic E-state index is 13.1. The van der Waals surface area contributed by atoms with Crippen LogP contribution in [-0.2, 0) is 11.2 Å². The molecule has 4 aliphatic rings. The highest BCUT2D eigenvalue weighted by Gasteiger charge is 2.42. The van der Waals surface area contributed by atoms with E-state index in [2.05, 4.69) is 69.1 Å². The number of hydrogen-bond acceptors (Lipinski definition) is 5. The summed E-state index contributed by atoms with van der Waals surface area (Å²) in [6, 6.07) is 8.63. The molecule has 0 radical (unpaired) electrons. The van der Waals surface area contributed by atoms with Crippen LogP contribution in [0.25, 0.3) is 11.1 Å². The van der Waals surface area contributed by atoms with Gasteiger partial charge >= 0.3 is 6.09 Å². The molecule has 3 heterocycles. The van der Waals surface area contributed by atoms with Crippen molar-refractivity contribution in [1.82, 2.24) is 10.2 Å². The van der Waals surface area contributed by atoms with Crippen LogP contribution in [0, 0.1) is 25.2 Å². The number of nitrogens with zero attached hydrogens (tertiary/aromatic N) is 1. The third-order valence-electron chi connectivity index (χ3n) is 8.83. The van der Waals surface area contributed by atoms with E-state index in [4.69, 9.17) is 14.2 Å². The zero-order valence-electron chi connectivity index (χ0n) is 24.0. The van der Waals surface area contributed by atoms with E-state index in [1.807, 2.05) is 0 Å². The predicted molar refractivity (Wildman–Crippen MR) is 151 cm³/mol. The number of benzene rings is 2. The second-order valence-corrected chi connectivity index (χ2v) is 12.2. The van der Waals surface area contributed by atoms with E-state index in [1.165, 1.54) is 5.56 Å². The minimum atomic E-state index is -0.303. The first-order chi connectivity index (χ1) is 18.2. The van der Waals surface area contributed by atoms with Gasteiger partial charge in [-0.3, -0.25) is 4.90 Å². The average Bonchev–Trinajstić information content (AvgIpc) is 3.13. The lowest BCUT2D eigenvalue weighted by Crippen LogP contribution is -2.53. The second-order valence-electron chi connectivity index (χ2n) is 12.2. The fourth-order valence-corrected chi connectivity index (χ4v) is 6.73. The first kappa shape index (κ1) is 26.9. The number of alkyl carbamates (subject to hydrolysis) is 1. The molecule has 2 bridgehead atoms. The number of ether oxygens (including phenoxy) is 3. The van der Waals surface area contributed by atoms with Gasteiger partial charge in [0.2, 0.25) is 0 Å². The standard InChI is InChI=1S/C32H44N2O4/c1-7-8-13-37-29-20(2)14-23(15-21(29)3)25-16-24-18-32(4,5)30(26(24)17-27(25)36-6)33-31(35)38-28-19-34-11-9-22(28)10-12-34/h14-17,22,28,30H,7-13,18-19H2,1-6H3,(H,33,35)/t28-,30?/m1/s1. The molecule has 1 amide bonds. The quantitative estimate of drug-likeness (QED) is 0.397. The SMILES string of the molecule is CCCCOc1c(C)cc(-c2cc3c(cc2OC)C(NC(=O)O[C@@H]2CN4CCC2CC4)C(C)(C)C3)cc1C. The van der Waals surface area contributed by atoms with Crippen molar-refractivity contribution in [2.45, 2.75) is 78.9 Å². The van der Waals surface area contributed by atoms with Crippen LogP contribution >= 0.6 is 0 Å². The van der Waals surface area contributed by atoms with Crippen molar-refractivity contribution in [3.8, 4) is 22.6 Å². The zero-order valence-corrected chi connectivity index (χ0v) is 24.0. The van der Waals surface area contributed by atoms with Crippen molar-refractivity contribution in [1.29, 1.82) is 0 Å². The Balaban J connectivity index is 1.38. The molecule has 6 heteroatoms. The Hall–Kier alpha value is -2.73. The van der Waals surface area contributed by atoms with Gasteiger partial charge in [-0.05, 0) is 116 Å². The second kappa shape index (κ2) is 10.8. The number of piperidine rings is 3. The van der Waals surface area contributed by atoms with Crippen molar-refractivity contribution in [3.63, 3.8) is 0 Å². The maximum atomic E-state index is 13.1. The van der Waals surface area contributed by atoms with E-state index in [9.17, 15) is 4.79 Å². The van der Waals surface area contributed by atoms with Gasteiger partial charge in [-0.2, -0.15) is 0 Å². The Morgan fingerprint density at radius 1 is 1.11 bits per heavy atom. The van der Waals surface area contributed by atoms with Gasteiger partial charge in [0.05, 0.1) is 19.8 Å². The van der Waals surface area contributed by atoms with Crippen molar-refractivity contribution < 1.29 is 19.0 Å². The molecule has 3 fully saturated rings. The average molecular weight is 521 g/mol. The predicted octanol–water partition coefficient (Wildman–Crippen LogP) is 6.60. The van der Waals surface area contributed by atoms with E-state index >= 15 is 0 Å². The van der Waals surface area contributed by atoms with E-state index in [1.54, 1.807) is 7.11 Å². The zero-order chi connectivity index (χ0) is 27.0. The first-order valence-corrected chi connectivity index (χ1v) is 14.3. The number of carbonyl (C=O) groups excluding carboxylic acids is 1. The Morgan fingerprint density at radius 3 is 2.42 bits per heavy atom. The monoisotopic (exact) mass is 520 g/mol. The summed E-state index contributed by atoms with van der Waals surface area (Å²) in [6.45, 7) is 14.7. The molecule has 2 aromatic carbocycles. The van der Waals surface area contributed by atoms with Gasteiger partial charge in [-0.15, -0.1) is 0 Å². The van der Waals surface area contributed by atoms with Crippen LogP contribution in [0.15, 0.2) is 24.3 Å². The van der Waals surface area contributed by atoms with E-state index < -0.39 is 0 Å². The first-order valence-electron chi connectivity index (χ1n) is 14.3. The lowest BCUT2D eigenvalue weighted by molar-refractivity contribution is -0.0349. The molecule has 1 aliphatic carbocycles. The van der Waals surface area contributed by atoms with Crippen LogP contribution in [0.4, 0.5) is 4.79 Å². The number of rotatable bonds is 8. The van der Waals surface area contributed by atoms with Gasteiger partial charge in [0, 0.05) is 12.1 Å². The fraction of sp³-hybridized carbons (Fsp3) is 0.594. The molecule has 6 rings (SSSR count). The molecule has 1 N–H and O–H groups in total. The lowest BCUT2D eigenvalue weighted by atomic mass is 9.85. The van der Waals surface area contributed by atoms with Gasteiger partial charge in [-0.25, -0.2) is 4.79 Å². The van der Waals surface area contributed by atoms with Crippen LogP contribution in [-0.4, -0.2) is 50.4 Å². The molecule has 3 aliphatic heterocycles. The number of aryl methyl sites for hydroxylation is 2. The van der Waals surface area contributed by atoms with Crippen LogP contribution in [0.2, 0.25) is 0 Å². The number of fused-ring (bicyclic) bond motifs is 4. The topological polar surface area (TPSA) is 60.0 Å². The highest BCUT2D eigenvalue weighted by atomic mass is 16.6. The summed E-state index contributed by atoms with van der Waals surface area (Å²) in [5, 5.41) is 3.24. The van der Waals surface area contributed by atoms with Gasteiger partial charge in [-0.1, -0.05) is 27.2 Å². The molecule has 0 aromatic heterocycles. The van der Waals surface area contributed by atoms with Crippen LogP contribution in [0.3, 0.4) is 0 Å². The molecule has 38 heavy (non-hydrogen) atoms. The minimum Gasteiger partial charge on any atom is -0.496 e. The number of hydrogen-bond donors (Lipinski definition) is 1. The van der Waals surface area contributed by atoms with Crippen molar-refractivity contribution in [2.75, 3.05) is 33.4 Å². The summed E-state index contributed by atoms with van der Waals surface area (Å²) in [4.78, 5) is 15.5. The molecule has 1 unspecified atom stereocenters. The summed E-state index contributed by atoms with van der Waals surface area (Å²) < 4.78 is 18.0. The number of methoxy groups -OCH3 is 1. The van der Waals surface area contributed by atoms with E-state index in [-0.39, 0.29) is 23.7 Å².